The molecule has 0 aliphatic carbocycles. The van der Waals surface area contributed by atoms with Crippen LogP contribution in [-0.4, -0.2) is 67.1 Å². The minimum absolute atomic E-state index is 0.0822. The first-order valence-electron chi connectivity index (χ1n) is 9.52. The predicted octanol–water partition coefficient (Wildman–Crippen LogP) is 2.61. The van der Waals surface area contributed by atoms with E-state index in [2.05, 4.69) is 24.1 Å². The Morgan fingerprint density at radius 1 is 1.25 bits per heavy atom. The van der Waals surface area contributed by atoms with E-state index in [1.807, 2.05) is 24.3 Å². The van der Waals surface area contributed by atoms with Crippen LogP contribution in [0.5, 0.6) is 5.75 Å². The molecule has 2 aromatic rings. The summed E-state index contributed by atoms with van der Waals surface area (Å²) < 4.78 is 5.47. The van der Waals surface area contributed by atoms with Gasteiger partial charge < -0.3 is 19.9 Å². The predicted molar refractivity (Wildman–Crippen MR) is 109 cm³/mol. The summed E-state index contributed by atoms with van der Waals surface area (Å²) in [6.45, 7) is 5.29. The van der Waals surface area contributed by atoms with Crippen LogP contribution in [0.4, 0.5) is 4.79 Å². The quantitative estimate of drug-likeness (QED) is 0.879. The zero-order valence-electron chi connectivity index (χ0n) is 17.1. The molecule has 1 aliphatic rings. The number of ether oxygens (including phenoxy) is 1. The number of aromatic nitrogens is 1. The molecule has 1 fully saturated rings. The SMILES string of the molecule is COc1cc(C(=O)N2C[C@@H](NC(=O)N(C)C)[C@H](C(C)C)C2)nc2ccccc12. The Hall–Kier alpha value is -2.83. The molecule has 0 unspecified atom stereocenters. The first kappa shape index (κ1) is 19.9. The van der Waals surface area contributed by atoms with Crippen molar-refractivity contribution < 1.29 is 14.3 Å². The third kappa shape index (κ3) is 3.88. The number of hydrogen-bond donors (Lipinski definition) is 1. The van der Waals surface area contributed by atoms with Crippen LogP contribution in [0.3, 0.4) is 0 Å². The van der Waals surface area contributed by atoms with Crippen molar-refractivity contribution in [1.29, 1.82) is 0 Å². The molecule has 0 spiro atoms. The van der Waals surface area contributed by atoms with E-state index in [0.29, 0.717) is 30.5 Å². The Morgan fingerprint density at radius 3 is 2.61 bits per heavy atom. The van der Waals surface area contributed by atoms with Crippen molar-refractivity contribution in [2.24, 2.45) is 11.8 Å². The van der Waals surface area contributed by atoms with Gasteiger partial charge in [-0.2, -0.15) is 0 Å². The molecule has 150 valence electrons. The molecule has 1 aromatic heterocycles. The summed E-state index contributed by atoms with van der Waals surface area (Å²) in [5.74, 6) is 1.02. The van der Waals surface area contributed by atoms with Gasteiger partial charge in [0.2, 0.25) is 0 Å². The Labute approximate surface area is 165 Å². The molecule has 2 atom stereocenters. The number of pyridine rings is 1. The molecule has 1 aromatic carbocycles. The highest BCUT2D eigenvalue weighted by molar-refractivity contribution is 5.97. The number of hydrogen-bond acceptors (Lipinski definition) is 4. The first-order chi connectivity index (χ1) is 13.3. The standard InChI is InChI=1S/C21H28N4O3/c1-13(2)15-11-25(12-18(15)23-21(27)24(3)4)20(26)17-10-19(28-5)14-8-6-7-9-16(14)22-17/h6-10,13,15,18H,11-12H2,1-5H3,(H,23,27)/t15-,18+/m0/s1. The summed E-state index contributed by atoms with van der Waals surface area (Å²) in [4.78, 5) is 33.1. The van der Waals surface area contributed by atoms with Gasteiger partial charge in [0.05, 0.1) is 18.7 Å². The second kappa shape index (κ2) is 8.04. The van der Waals surface area contributed by atoms with Crippen molar-refractivity contribution in [2.75, 3.05) is 34.3 Å². The average Bonchev–Trinajstić information content (AvgIpc) is 3.10. The molecule has 3 amide bonds. The van der Waals surface area contributed by atoms with Crippen molar-refractivity contribution >= 4 is 22.8 Å². The van der Waals surface area contributed by atoms with Crippen LogP contribution in [-0.2, 0) is 0 Å². The first-order valence-corrected chi connectivity index (χ1v) is 9.52. The van der Waals surface area contributed by atoms with Crippen molar-refractivity contribution in [3.8, 4) is 5.75 Å². The van der Waals surface area contributed by atoms with Crippen LogP contribution in [0, 0.1) is 11.8 Å². The zero-order valence-corrected chi connectivity index (χ0v) is 17.1. The lowest BCUT2D eigenvalue weighted by Gasteiger charge is -2.24. The third-order valence-corrected chi connectivity index (χ3v) is 5.34. The Kier molecular flexibility index (Phi) is 5.72. The highest BCUT2D eigenvalue weighted by Gasteiger charge is 2.38. The summed E-state index contributed by atoms with van der Waals surface area (Å²) in [5, 5.41) is 3.92. The van der Waals surface area contributed by atoms with Crippen LogP contribution in [0.1, 0.15) is 24.3 Å². The molecule has 0 radical (unpaired) electrons. The van der Waals surface area contributed by atoms with Crippen LogP contribution in [0.15, 0.2) is 30.3 Å². The average molecular weight is 384 g/mol. The molecule has 1 aliphatic heterocycles. The molecule has 1 saturated heterocycles. The maximum atomic E-state index is 13.2. The number of para-hydroxylation sites is 1. The largest absolute Gasteiger partial charge is 0.496 e. The Morgan fingerprint density at radius 2 is 1.96 bits per heavy atom. The molecule has 2 heterocycles. The van der Waals surface area contributed by atoms with Crippen LogP contribution < -0.4 is 10.1 Å². The van der Waals surface area contributed by atoms with Crippen molar-refractivity contribution in [1.82, 2.24) is 20.1 Å². The van der Waals surface area contributed by atoms with E-state index in [4.69, 9.17) is 4.74 Å². The molecule has 7 nitrogen and oxygen atoms in total. The molecule has 3 rings (SSSR count). The molecule has 0 bridgehead atoms. The fourth-order valence-corrected chi connectivity index (χ4v) is 3.69. The van der Waals surface area contributed by atoms with E-state index in [1.54, 1.807) is 32.2 Å². The number of nitrogens with one attached hydrogen (secondary N) is 1. The normalized spacial score (nSPS) is 19.1. The van der Waals surface area contributed by atoms with Crippen LogP contribution in [0.25, 0.3) is 10.9 Å². The topological polar surface area (TPSA) is 74.8 Å². The maximum absolute atomic E-state index is 13.2. The van der Waals surface area contributed by atoms with E-state index < -0.39 is 0 Å². The number of likely N-dealkylation sites (tertiary alicyclic amines) is 1. The number of nitrogens with zero attached hydrogens (tertiary/aromatic N) is 3. The number of amides is 3. The highest BCUT2D eigenvalue weighted by atomic mass is 16.5. The van der Waals surface area contributed by atoms with Gasteiger partial charge in [0, 0.05) is 44.6 Å². The summed E-state index contributed by atoms with van der Waals surface area (Å²) in [6, 6.07) is 9.07. The highest BCUT2D eigenvalue weighted by Crippen LogP contribution is 2.29. The van der Waals surface area contributed by atoms with E-state index in [9.17, 15) is 9.59 Å². The lowest BCUT2D eigenvalue weighted by Crippen LogP contribution is -2.46. The van der Waals surface area contributed by atoms with Crippen LogP contribution >= 0.6 is 0 Å². The molecule has 1 N–H and O–H groups in total. The van der Waals surface area contributed by atoms with Gasteiger partial charge in [-0.25, -0.2) is 9.78 Å². The van der Waals surface area contributed by atoms with Gasteiger partial charge in [-0.1, -0.05) is 26.0 Å². The molecule has 0 saturated carbocycles. The number of fused-ring (bicyclic) bond motifs is 1. The Bertz CT molecular complexity index is 881. The summed E-state index contributed by atoms with van der Waals surface area (Å²) in [7, 11) is 5.01. The second-order valence-corrected chi connectivity index (χ2v) is 7.80. The number of carbonyl (C=O) groups excluding carboxylic acids is 2. The minimum atomic E-state index is -0.143. The Balaban J connectivity index is 1.86. The molecular formula is C21H28N4O3. The number of methoxy groups -OCH3 is 1. The third-order valence-electron chi connectivity index (χ3n) is 5.34. The van der Waals surface area contributed by atoms with Crippen molar-refractivity contribution in [3.05, 3.63) is 36.0 Å². The summed E-state index contributed by atoms with van der Waals surface area (Å²) >= 11 is 0. The van der Waals surface area contributed by atoms with Gasteiger partial charge >= 0.3 is 6.03 Å². The summed E-state index contributed by atoms with van der Waals surface area (Å²) in [5.41, 5.74) is 1.08. The van der Waals surface area contributed by atoms with Crippen molar-refractivity contribution in [2.45, 2.75) is 19.9 Å². The van der Waals surface area contributed by atoms with E-state index >= 15 is 0 Å². The molecular weight excluding hydrogens is 356 g/mol. The van der Waals surface area contributed by atoms with Gasteiger partial charge in [0.25, 0.3) is 5.91 Å². The van der Waals surface area contributed by atoms with Crippen LogP contribution in [0.2, 0.25) is 0 Å². The van der Waals surface area contributed by atoms with Gasteiger partial charge in [0.15, 0.2) is 0 Å². The van der Waals surface area contributed by atoms with Gasteiger partial charge in [0.1, 0.15) is 11.4 Å². The van der Waals surface area contributed by atoms with E-state index in [-0.39, 0.29) is 23.9 Å². The monoisotopic (exact) mass is 384 g/mol. The smallest absolute Gasteiger partial charge is 0.317 e. The minimum Gasteiger partial charge on any atom is -0.496 e. The number of benzene rings is 1. The number of urea groups is 1. The summed E-state index contributed by atoms with van der Waals surface area (Å²) in [6.07, 6.45) is 0. The molecule has 28 heavy (non-hydrogen) atoms. The lowest BCUT2D eigenvalue weighted by atomic mass is 9.91. The number of rotatable bonds is 4. The van der Waals surface area contributed by atoms with E-state index in [0.717, 1.165) is 10.9 Å². The fourth-order valence-electron chi connectivity index (χ4n) is 3.69. The zero-order chi connectivity index (χ0) is 20.4. The number of carbonyl (C=O) groups is 2. The molecule has 7 heteroatoms. The lowest BCUT2D eigenvalue weighted by molar-refractivity contribution is 0.0776. The van der Waals surface area contributed by atoms with E-state index in [1.165, 1.54) is 4.90 Å². The van der Waals surface area contributed by atoms with Gasteiger partial charge in [-0.3, -0.25) is 4.79 Å². The van der Waals surface area contributed by atoms with Gasteiger partial charge in [-0.15, -0.1) is 0 Å². The van der Waals surface area contributed by atoms with Crippen molar-refractivity contribution in [3.63, 3.8) is 0 Å². The second-order valence-electron chi connectivity index (χ2n) is 7.80. The van der Waals surface area contributed by atoms with Gasteiger partial charge in [-0.05, 0) is 18.1 Å². The maximum Gasteiger partial charge on any atom is 0.317 e. The fraction of sp³-hybridized carbons (Fsp3) is 0.476.